The third-order valence-corrected chi connectivity index (χ3v) is 15.7. The van der Waals surface area contributed by atoms with Crippen LogP contribution in [0.5, 0.6) is 0 Å². The molecule has 5 aliphatic carbocycles. The van der Waals surface area contributed by atoms with E-state index in [2.05, 4.69) is 34.6 Å². The first-order valence-corrected chi connectivity index (χ1v) is 17.4. The van der Waals surface area contributed by atoms with Crippen LogP contribution in [0.25, 0.3) is 0 Å². The van der Waals surface area contributed by atoms with Crippen molar-refractivity contribution < 1.29 is 44.5 Å². The Morgan fingerprint density at radius 2 is 1.52 bits per heavy atom. The molecule has 0 unspecified atom stereocenters. The van der Waals surface area contributed by atoms with Crippen molar-refractivity contribution in [2.75, 3.05) is 6.61 Å². The zero-order chi connectivity index (χ0) is 31.6. The highest BCUT2D eigenvalue weighted by Gasteiger charge is 2.87. The maximum Gasteiger partial charge on any atom is 0.186 e. The molecule has 0 amide bonds. The minimum Gasteiger partial charge on any atom is -0.393 e. The van der Waals surface area contributed by atoms with E-state index in [4.69, 9.17) is 18.9 Å². The molecular weight excluding hydrogens is 564 g/mol. The summed E-state index contributed by atoms with van der Waals surface area (Å²) in [6.07, 6.45) is 1.70. The Hall–Kier alpha value is -0.360. The normalized spacial score (nSPS) is 62.2. The first-order chi connectivity index (χ1) is 20.4. The lowest BCUT2D eigenvalue weighted by Gasteiger charge is -2.64. The molecule has 44 heavy (non-hydrogen) atoms. The number of aliphatic hydroxyl groups excluding tert-OH is 4. The average Bonchev–Trinajstić information content (AvgIpc) is 3.38. The molecule has 8 fully saturated rings. The Morgan fingerprint density at radius 3 is 2.23 bits per heavy atom. The van der Waals surface area contributed by atoms with Gasteiger partial charge >= 0.3 is 0 Å². The molecule has 17 atom stereocenters. The highest BCUT2D eigenvalue weighted by atomic mass is 16.8. The molecular formula is C35H56O9. The Kier molecular flexibility index (Phi) is 6.33. The number of rotatable bonds is 3. The van der Waals surface area contributed by atoms with Crippen LogP contribution >= 0.6 is 0 Å². The van der Waals surface area contributed by atoms with E-state index in [1.165, 1.54) is 0 Å². The molecule has 8 rings (SSSR count). The van der Waals surface area contributed by atoms with E-state index in [-0.39, 0.29) is 69.7 Å². The summed E-state index contributed by atoms with van der Waals surface area (Å²) < 4.78 is 25.9. The molecule has 9 nitrogen and oxygen atoms in total. The maximum atomic E-state index is 12.4. The summed E-state index contributed by atoms with van der Waals surface area (Å²) >= 11 is 0. The maximum absolute atomic E-state index is 12.4. The third kappa shape index (κ3) is 3.53. The molecule has 250 valence electrons. The van der Waals surface area contributed by atoms with Crippen LogP contribution in [0.1, 0.15) is 99.8 Å². The molecule has 0 aromatic heterocycles. The van der Waals surface area contributed by atoms with Crippen LogP contribution in [0.3, 0.4) is 0 Å². The van der Waals surface area contributed by atoms with E-state index in [0.717, 1.165) is 44.9 Å². The van der Waals surface area contributed by atoms with Gasteiger partial charge in [-0.1, -0.05) is 34.6 Å². The van der Waals surface area contributed by atoms with Gasteiger partial charge in [-0.25, -0.2) is 0 Å². The monoisotopic (exact) mass is 620 g/mol. The molecule has 3 saturated heterocycles. The second-order valence-electron chi connectivity index (χ2n) is 18.4. The summed E-state index contributed by atoms with van der Waals surface area (Å²) in [4.78, 5) is 0. The molecule has 0 radical (unpaired) electrons. The first kappa shape index (κ1) is 30.9. The Labute approximate surface area is 262 Å². The standard InChI is InChI=1S/C35H56O9/c1-17-12-20-27(30(4,5)40)44-35(43-20)15-32(7)26-18(36)13-21-29(2,3)22(42-28-24(39)23(38)19(37)14-41-28)8-9-33(21)16-34(26,33)11-10-31(32,6)25(17)35/h17-28,36-40H,8-16H2,1-7H3/t17-,18+,19+,20-,21-,22-,23+,24+,25+,26+,27+,28+,31-,32+,33-,34+,35-/m1/s1. The topological polar surface area (TPSA) is 138 Å². The molecule has 9 heteroatoms. The van der Waals surface area contributed by atoms with E-state index in [1.807, 2.05) is 13.8 Å². The Morgan fingerprint density at radius 1 is 0.795 bits per heavy atom. The zero-order valence-electron chi connectivity index (χ0n) is 27.7. The molecule has 3 spiro atoms. The number of aliphatic hydroxyl groups is 5. The molecule has 3 aliphatic heterocycles. The number of hydrogen-bond donors (Lipinski definition) is 5. The molecule has 2 bridgehead atoms. The summed E-state index contributed by atoms with van der Waals surface area (Å²) in [6.45, 7) is 15.4. The van der Waals surface area contributed by atoms with E-state index in [0.29, 0.717) is 12.3 Å². The summed E-state index contributed by atoms with van der Waals surface area (Å²) in [7, 11) is 0. The first-order valence-electron chi connectivity index (χ1n) is 17.4. The Balaban J connectivity index is 1.10. The average molecular weight is 621 g/mol. The largest absolute Gasteiger partial charge is 0.393 e. The zero-order valence-corrected chi connectivity index (χ0v) is 27.7. The predicted octanol–water partition coefficient (Wildman–Crippen LogP) is 3.12. The molecule has 0 aromatic carbocycles. The summed E-state index contributed by atoms with van der Waals surface area (Å²) in [5, 5.41) is 54.2. The van der Waals surface area contributed by atoms with Crippen LogP contribution in [0.4, 0.5) is 0 Å². The quantitative estimate of drug-likeness (QED) is 0.301. The van der Waals surface area contributed by atoms with Gasteiger partial charge in [-0.3, -0.25) is 0 Å². The molecule has 5 N–H and O–H groups in total. The van der Waals surface area contributed by atoms with Crippen LogP contribution in [0, 0.1) is 50.7 Å². The number of hydrogen-bond acceptors (Lipinski definition) is 9. The fourth-order valence-electron chi connectivity index (χ4n) is 14.0. The second-order valence-corrected chi connectivity index (χ2v) is 18.4. The molecule has 0 aromatic rings. The fourth-order valence-corrected chi connectivity index (χ4v) is 14.0. The number of ether oxygens (including phenoxy) is 4. The summed E-state index contributed by atoms with van der Waals surface area (Å²) in [5.74, 6) is 0.319. The smallest absolute Gasteiger partial charge is 0.186 e. The van der Waals surface area contributed by atoms with Gasteiger partial charge in [0.05, 0.1) is 30.5 Å². The fraction of sp³-hybridized carbons (Fsp3) is 1.00. The highest BCUT2D eigenvalue weighted by molar-refractivity contribution is 5.34. The second kappa shape index (κ2) is 9.00. The van der Waals surface area contributed by atoms with Crippen LogP contribution in [0.15, 0.2) is 0 Å². The van der Waals surface area contributed by atoms with Crippen molar-refractivity contribution in [2.24, 2.45) is 50.7 Å². The summed E-state index contributed by atoms with van der Waals surface area (Å²) in [6, 6.07) is 0. The van der Waals surface area contributed by atoms with Crippen LogP contribution in [-0.2, 0) is 18.9 Å². The predicted molar refractivity (Wildman–Crippen MR) is 159 cm³/mol. The van der Waals surface area contributed by atoms with Crippen LogP contribution in [0.2, 0.25) is 0 Å². The van der Waals surface area contributed by atoms with Gasteiger partial charge in [0.15, 0.2) is 12.1 Å². The van der Waals surface area contributed by atoms with Crippen molar-refractivity contribution in [2.45, 2.75) is 160 Å². The van der Waals surface area contributed by atoms with Crippen molar-refractivity contribution in [3.8, 4) is 0 Å². The molecule has 3 heterocycles. The molecule has 5 saturated carbocycles. The lowest BCUT2D eigenvalue weighted by atomic mass is 9.41. The van der Waals surface area contributed by atoms with Gasteiger partial charge in [-0.05, 0) is 104 Å². The number of fused-ring (bicyclic) bond motifs is 4. The van der Waals surface area contributed by atoms with E-state index < -0.39 is 42.1 Å². The minimum absolute atomic E-state index is 0.0465. The minimum atomic E-state index is -1.31. The van der Waals surface area contributed by atoms with Gasteiger partial charge in [-0.15, -0.1) is 0 Å². The van der Waals surface area contributed by atoms with Crippen molar-refractivity contribution >= 4 is 0 Å². The Bertz CT molecular complexity index is 1200. The van der Waals surface area contributed by atoms with Gasteiger partial charge in [0.25, 0.3) is 0 Å². The SMILES string of the molecule is C[C@@H]1C[C@H]2O[C@]3(C[C@@]4(C)[C@@H]5[C@@H](O)C[C@@H]6C(C)(C)[C@H](O[C@@H]7OC[C@H](O)[C@H](O)[C@@H]7O)CC[C@@]67C[C@@]57CC[C@]4(C)[C@H]13)O[C@@H]2C(C)(C)O. The highest BCUT2D eigenvalue weighted by Crippen LogP contribution is 2.90. The van der Waals surface area contributed by atoms with Crippen LogP contribution in [-0.4, -0.2) is 92.5 Å². The summed E-state index contributed by atoms with van der Waals surface area (Å²) in [5.41, 5.74) is -1.28. The molecule has 8 aliphatic rings. The van der Waals surface area contributed by atoms with Crippen molar-refractivity contribution in [3.63, 3.8) is 0 Å². The lowest BCUT2D eigenvalue weighted by molar-refractivity contribution is -0.304. The van der Waals surface area contributed by atoms with Gasteiger partial charge < -0.3 is 44.5 Å². The van der Waals surface area contributed by atoms with Crippen LogP contribution < -0.4 is 0 Å². The third-order valence-electron chi connectivity index (χ3n) is 15.7. The van der Waals surface area contributed by atoms with E-state index in [1.54, 1.807) is 0 Å². The van der Waals surface area contributed by atoms with Crippen molar-refractivity contribution in [1.29, 1.82) is 0 Å². The van der Waals surface area contributed by atoms with Crippen molar-refractivity contribution in [3.05, 3.63) is 0 Å². The lowest BCUT2D eigenvalue weighted by Crippen LogP contribution is -2.63. The van der Waals surface area contributed by atoms with Gasteiger partial charge in [0, 0.05) is 12.3 Å². The van der Waals surface area contributed by atoms with Gasteiger partial charge in [0.1, 0.15) is 24.4 Å². The van der Waals surface area contributed by atoms with Crippen molar-refractivity contribution in [1.82, 2.24) is 0 Å². The van der Waals surface area contributed by atoms with E-state index >= 15 is 0 Å². The van der Waals surface area contributed by atoms with E-state index in [9.17, 15) is 25.5 Å². The van der Waals surface area contributed by atoms with Gasteiger partial charge in [-0.2, -0.15) is 0 Å². The van der Waals surface area contributed by atoms with Gasteiger partial charge in [0.2, 0.25) is 0 Å².